The van der Waals surface area contributed by atoms with Gasteiger partial charge in [0.2, 0.25) is 16.9 Å². The van der Waals surface area contributed by atoms with E-state index >= 15 is 0 Å². The Kier molecular flexibility index (Phi) is 7.89. The van der Waals surface area contributed by atoms with E-state index in [0.717, 1.165) is 23.5 Å². The predicted octanol–water partition coefficient (Wildman–Crippen LogP) is 3.55. The van der Waals surface area contributed by atoms with Crippen LogP contribution in [0.3, 0.4) is 0 Å². The van der Waals surface area contributed by atoms with Crippen LogP contribution in [-0.4, -0.2) is 41.4 Å². The van der Waals surface area contributed by atoms with Crippen LogP contribution in [0.1, 0.15) is 0 Å². The quantitative estimate of drug-likeness (QED) is 0.316. The molecule has 0 saturated heterocycles. The van der Waals surface area contributed by atoms with Gasteiger partial charge < -0.3 is 20.7 Å². The molecule has 0 aliphatic rings. The van der Waals surface area contributed by atoms with Crippen LogP contribution in [0.4, 0.5) is 29.7 Å². The first-order chi connectivity index (χ1) is 15.4. The van der Waals surface area contributed by atoms with Gasteiger partial charge in [-0.3, -0.25) is 9.59 Å². The molecular weight excluding hydrogens is 467 g/mol. The van der Waals surface area contributed by atoms with Crippen molar-refractivity contribution in [3.8, 4) is 5.75 Å². The number of hydrogen-bond acceptors (Lipinski definition) is 8. The molecule has 1 heterocycles. The molecule has 1 aromatic heterocycles. The monoisotopic (exact) mass is 483 g/mol. The Bertz CT molecular complexity index is 1130. The molecular formula is C19H16F3N5O3S2. The van der Waals surface area contributed by atoms with Crippen LogP contribution in [0.15, 0.2) is 40.7 Å². The molecule has 0 atom stereocenters. The van der Waals surface area contributed by atoms with Gasteiger partial charge in [0.1, 0.15) is 5.75 Å². The summed E-state index contributed by atoms with van der Waals surface area (Å²) in [5, 5.41) is 16.0. The molecule has 0 aliphatic heterocycles. The van der Waals surface area contributed by atoms with E-state index in [-0.39, 0.29) is 5.75 Å². The summed E-state index contributed by atoms with van der Waals surface area (Å²) in [4.78, 5) is 23.7. The average molecular weight is 483 g/mol. The maximum absolute atomic E-state index is 13.6. The average Bonchev–Trinajstić information content (AvgIpc) is 3.24. The molecule has 0 aliphatic carbocycles. The van der Waals surface area contributed by atoms with Gasteiger partial charge in [-0.05, 0) is 24.3 Å². The SMILES string of the molecule is COc1cccc(Nc2nnc(SCC(=O)NCC(=O)Nc3ccc(F)c(F)c3F)s2)c1. The van der Waals surface area contributed by atoms with Gasteiger partial charge in [-0.25, -0.2) is 13.2 Å². The van der Waals surface area contributed by atoms with Crippen molar-refractivity contribution in [2.75, 3.05) is 30.0 Å². The van der Waals surface area contributed by atoms with Crippen LogP contribution in [0.5, 0.6) is 5.75 Å². The van der Waals surface area contributed by atoms with E-state index in [0.29, 0.717) is 21.3 Å². The summed E-state index contributed by atoms with van der Waals surface area (Å²) >= 11 is 2.35. The van der Waals surface area contributed by atoms with E-state index < -0.39 is 41.5 Å². The minimum atomic E-state index is -1.69. The molecule has 0 unspecified atom stereocenters. The highest BCUT2D eigenvalue weighted by Gasteiger charge is 2.16. The van der Waals surface area contributed by atoms with Crippen molar-refractivity contribution in [3.05, 3.63) is 53.8 Å². The fraction of sp³-hybridized carbons (Fsp3) is 0.158. The van der Waals surface area contributed by atoms with Crippen molar-refractivity contribution < 1.29 is 27.5 Å². The Balaban J connectivity index is 1.43. The number of nitrogens with zero attached hydrogens (tertiary/aromatic N) is 2. The van der Waals surface area contributed by atoms with E-state index in [1.165, 1.54) is 11.3 Å². The van der Waals surface area contributed by atoms with E-state index in [2.05, 4.69) is 26.1 Å². The van der Waals surface area contributed by atoms with Crippen molar-refractivity contribution in [2.45, 2.75) is 4.34 Å². The zero-order valence-corrected chi connectivity index (χ0v) is 18.1. The Morgan fingerprint density at radius 2 is 1.91 bits per heavy atom. The summed E-state index contributed by atoms with van der Waals surface area (Å²) in [6, 6.07) is 8.82. The predicted molar refractivity (Wildman–Crippen MR) is 115 cm³/mol. The number of amides is 2. The highest BCUT2D eigenvalue weighted by molar-refractivity contribution is 8.01. The second-order valence-electron chi connectivity index (χ2n) is 6.07. The molecule has 8 nitrogen and oxygen atoms in total. The zero-order chi connectivity index (χ0) is 23.1. The van der Waals surface area contributed by atoms with Crippen LogP contribution in [0, 0.1) is 17.5 Å². The van der Waals surface area contributed by atoms with Crippen LogP contribution < -0.4 is 20.7 Å². The normalized spacial score (nSPS) is 10.5. The number of benzene rings is 2. The number of carbonyl (C=O) groups is 2. The maximum atomic E-state index is 13.6. The largest absolute Gasteiger partial charge is 0.497 e. The number of aromatic nitrogens is 2. The van der Waals surface area contributed by atoms with Crippen LogP contribution >= 0.6 is 23.1 Å². The number of carbonyl (C=O) groups excluding carboxylic acids is 2. The molecule has 3 aromatic rings. The number of anilines is 3. The van der Waals surface area contributed by atoms with E-state index in [9.17, 15) is 22.8 Å². The number of halogens is 3. The summed E-state index contributed by atoms with van der Waals surface area (Å²) in [6.45, 7) is -0.476. The van der Waals surface area contributed by atoms with Crippen molar-refractivity contribution >= 4 is 51.4 Å². The first-order valence-electron chi connectivity index (χ1n) is 8.93. The van der Waals surface area contributed by atoms with Gasteiger partial charge >= 0.3 is 0 Å². The Morgan fingerprint density at radius 1 is 1.09 bits per heavy atom. The third-order valence-corrected chi connectivity index (χ3v) is 5.78. The maximum Gasteiger partial charge on any atom is 0.243 e. The Morgan fingerprint density at radius 3 is 2.69 bits per heavy atom. The molecule has 32 heavy (non-hydrogen) atoms. The lowest BCUT2D eigenvalue weighted by atomic mass is 10.2. The highest BCUT2D eigenvalue weighted by atomic mass is 32.2. The van der Waals surface area contributed by atoms with Crippen molar-refractivity contribution in [1.82, 2.24) is 15.5 Å². The van der Waals surface area contributed by atoms with Crippen molar-refractivity contribution in [2.24, 2.45) is 0 Å². The minimum absolute atomic E-state index is 0.0411. The van der Waals surface area contributed by atoms with Crippen LogP contribution in [0.2, 0.25) is 0 Å². The van der Waals surface area contributed by atoms with Crippen LogP contribution in [-0.2, 0) is 9.59 Å². The molecule has 0 fully saturated rings. The molecule has 0 spiro atoms. The first-order valence-corrected chi connectivity index (χ1v) is 10.7. The van der Waals surface area contributed by atoms with E-state index in [1.807, 2.05) is 12.1 Å². The number of ether oxygens (including phenoxy) is 1. The number of thioether (sulfide) groups is 1. The molecule has 2 aromatic carbocycles. The lowest BCUT2D eigenvalue weighted by Gasteiger charge is -2.08. The molecule has 13 heteroatoms. The molecule has 168 valence electrons. The number of hydrogen-bond donors (Lipinski definition) is 3. The second kappa shape index (κ2) is 10.8. The van der Waals surface area contributed by atoms with Gasteiger partial charge in [-0.2, -0.15) is 0 Å². The summed E-state index contributed by atoms with van der Waals surface area (Å²) < 4.78 is 45.3. The second-order valence-corrected chi connectivity index (χ2v) is 8.27. The number of rotatable bonds is 9. The fourth-order valence-corrected chi connectivity index (χ4v) is 3.92. The lowest BCUT2D eigenvalue weighted by Crippen LogP contribution is -2.34. The number of nitrogens with one attached hydrogen (secondary N) is 3. The summed E-state index contributed by atoms with van der Waals surface area (Å²) in [7, 11) is 1.56. The molecule has 0 saturated carbocycles. The molecule has 0 radical (unpaired) electrons. The van der Waals surface area contributed by atoms with Crippen LogP contribution in [0.25, 0.3) is 0 Å². The topological polar surface area (TPSA) is 105 Å². The highest BCUT2D eigenvalue weighted by Crippen LogP contribution is 2.28. The third kappa shape index (κ3) is 6.34. The van der Waals surface area contributed by atoms with Gasteiger partial charge in [0, 0.05) is 11.8 Å². The van der Waals surface area contributed by atoms with E-state index in [1.54, 1.807) is 19.2 Å². The first kappa shape index (κ1) is 23.3. The lowest BCUT2D eigenvalue weighted by molar-refractivity contribution is -0.122. The zero-order valence-electron chi connectivity index (χ0n) is 16.4. The summed E-state index contributed by atoms with van der Waals surface area (Å²) in [6.07, 6.45) is 0. The van der Waals surface area contributed by atoms with Gasteiger partial charge in [-0.1, -0.05) is 29.2 Å². The fourth-order valence-electron chi connectivity index (χ4n) is 2.32. The third-order valence-electron chi connectivity index (χ3n) is 3.81. The molecule has 3 rings (SSSR count). The van der Waals surface area contributed by atoms with Gasteiger partial charge in [0.25, 0.3) is 0 Å². The van der Waals surface area contributed by atoms with Crippen molar-refractivity contribution in [3.63, 3.8) is 0 Å². The molecule has 3 N–H and O–H groups in total. The number of methoxy groups -OCH3 is 1. The Hall–Kier alpha value is -3.32. The molecule has 2 amide bonds. The van der Waals surface area contributed by atoms with Gasteiger partial charge in [-0.15, -0.1) is 10.2 Å². The smallest absolute Gasteiger partial charge is 0.243 e. The van der Waals surface area contributed by atoms with Crippen molar-refractivity contribution in [1.29, 1.82) is 0 Å². The summed E-state index contributed by atoms with van der Waals surface area (Å²) in [5.74, 6) is -5.22. The summed E-state index contributed by atoms with van der Waals surface area (Å²) in [5.41, 5.74) is 0.237. The van der Waals surface area contributed by atoms with Gasteiger partial charge in [0.05, 0.1) is 25.1 Å². The van der Waals surface area contributed by atoms with Gasteiger partial charge in [0.15, 0.2) is 21.8 Å². The van der Waals surface area contributed by atoms with E-state index in [4.69, 9.17) is 4.74 Å². The standard InChI is InChI=1S/C19H16F3N5O3S2/c1-30-11-4-2-3-10(7-11)24-18-26-27-19(32-18)31-9-15(29)23-8-14(28)25-13-6-5-12(20)16(21)17(13)22/h2-7H,8-9H2,1H3,(H,23,29)(H,24,26)(H,25,28). The Labute approximate surface area is 188 Å². The minimum Gasteiger partial charge on any atom is -0.497 e. The molecule has 0 bridgehead atoms.